The number of nitriles is 6. The van der Waals surface area contributed by atoms with E-state index in [1.165, 1.54) is 48.5 Å². The molecule has 141 heavy (non-hydrogen) atoms. The molecule has 8 rings (SSSR count). The molecule has 0 aliphatic heterocycles. The number of aryl methyl sites for hydroxylation is 4. The molecule has 734 valence electrons. The van der Waals surface area contributed by atoms with Crippen LogP contribution in [0.25, 0.3) is 9.69 Å². The highest BCUT2D eigenvalue weighted by atomic mass is 32.1. The van der Waals surface area contributed by atoms with Crippen molar-refractivity contribution in [1.82, 2.24) is 86.8 Å². The zero-order valence-corrected chi connectivity index (χ0v) is 80.5. The van der Waals surface area contributed by atoms with Crippen LogP contribution in [0.3, 0.4) is 0 Å². The molecule has 0 bridgehead atoms. The Bertz CT molecular complexity index is 5870. The number of nitrogens with one attached hydrogen (secondary N) is 24. The summed E-state index contributed by atoms with van der Waals surface area (Å²) in [4.78, 5) is 93.5. The summed E-state index contributed by atoms with van der Waals surface area (Å²) < 4.78 is 90.0. The summed E-state index contributed by atoms with van der Waals surface area (Å²) in [5, 5.41) is 72.1. The zero-order valence-electron chi connectivity index (χ0n) is 74.0. The molecule has 0 atom stereocenters. The third-order valence-electron chi connectivity index (χ3n) is 14.9. The molecule has 0 saturated heterocycles. The van der Waals surface area contributed by atoms with Crippen molar-refractivity contribution >= 4 is 231 Å². The van der Waals surface area contributed by atoms with Crippen molar-refractivity contribution in [3.05, 3.63) is 262 Å². The Balaban J connectivity index is 0.000000806. The Morgan fingerprint density at radius 2 is 0.617 bits per heavy atom. The summed E-state index contributed by atoms with van der Waals surface area (Å²) in [6, 6.07) is 60.1. The molecule has 8 aromatic carbocycles. The Morgan fingerprint density at radius 1 is 0.305 bits per heavy atom. The molecule has 0 saturated carbocycles. The monoisotopic (exact) mass is 2080 g/mol. The number of para-hydroxylation sites is 4. The SMILES string of the molecule is CCc1ccccc1NC(=S)NNC(=O)CC#N.Cc1ccccc1NC(=S)NNC(=O)CC#N.N#CCC(=O)NNC(=S)Nc1ccc(F)cc1F.N#CCC(=O)NNC(=S)Nc1cccc(F)c1.N#CCC(=O)NNC(=S)Nc1ccccc1C(F)(F)F.N#CCC(=O)NNC(=S)Nc1ccccc1F.[C-]#[N+]CC(=O)NNC(=S)Nc1ccc(C)cc1.[C-]#[N+]CC(=O)NNC(=S)Nc1cccc(C)c1. The normalized spacial score (nSPS) is 9.18. The molecule has 0 aromatic heterocycles. The van der Waals surface area contributed by atoms with Crippen LogP contribution in [0, 0.1) is 125 Å². The third kappa shape index (κ3) is 59.1. The van der Waals surface area contributed by atoms with Crippen LogP contribution >= 0.6 is 97.7 Å². The Hall–Kier alpha value is -17.5. The fourth-order valence-corrected chi connectivity index (χ4v) is 10.1. The van der Waals surface area contributed by atoms with Gasteiger partial charge in [-0.3, -0.25) is 125 Å². The number of anilines is 8. The van der Waals surface area contributed by atoms with Crippen LogP contribution < -0.4 is 129 Å². The molecule has 0 spiro atoms. The first-order valence-electron chi connectivity index (χ1n) is 39.3. The van der Waals surface area contributed by atoms with Crippen LogP contribution in [0.15, 0.2) is 188 Å². The first-order chi connectivity index (χ1) is 67.1. The maximum absolute atomic E-state index is 13.2. The molecule has 0 fully saturated rings. The van der Waals surface area contributed by atoms with Gasteiger partial charge in [0.15, 0.2) is 40.9 Å². The number of nitrogens with zero attached hydrogens (tertiary/aromatic N) is 8. The number of benzene rings is 8. The first kappa shape index (κ1) is 121. The summed E-state index contributed by atoms with van der Waals surface area (Å²) in [6.45, 7) is 20.5. The molecule has 55 heteroatoms. The molecule has 8 amide bonds. The van der Waals surface area contributed by atoms with E-state index in [-0.39, 0.29) is 103 Å². The number of hydrogen-bond donors (Lipinski definition) is 24. The number of carbonyl (C=O) groups excluding carboxylic acids is 8. The van der Waals surface area contributed by atoms with Crippen LogP contribution in [0.1, 0.15) is 73.3 Å². The van der Waals surface area contributed by atoms with Crippen molar-refractivity contribution in [2.24, 2.45) is 0 Å². The largest absolute Gasteiger partial charge is 0.418 e. The van der Waals surface area contributed by atoms with E-state index in [2.05, 4.69) is 139 Å². The smallest absolute Gasteiger partial charge is 0.331 e. The van der Waals surface area contributed by atoms with E-state index in [9.17, 15) is 69.1 Å². The number of halogens is 7. The van der Waals surface area contributed by atoms with E-state index >= 15 is 0 Å². The van der Waals surface area contributed by atoms with Crippen LogP contribution in [0.4, 0.5) is 76.2 Å². The summed E-state index contributed by atoms with van der Waals surface area (Å²) in [5.74, 6) is -6.34. The maximum Gasteiger partial charge on any atom is 0.418 e. The van der Waals surface area contributed by atoms with Crippen molar-refractivity contribution in [3.8, 4) is 36.4 Å². The van der Waals surface area contributed by atoms with Gasteiger partial charge < -0.3 is 52.2 Å². The molecule has 0 aliphatic rings. The second kappa shape index (κ2) is 71.1. The van der Waals surface area contributed by atoms with Gasteiger partial charge in [0.25, 0.3) is 48.5 Å². The molecule has 0 aliphatic carbocycles. The van der Waals surface area contributed by atoms with Crippen molar-refractivity contribution in [3.63, 3.8) is 0 Å². The minimum Gasteiger partial charge on any atom is -0.331 e. The van der Waals surface area contributed by atoms with Gasteiger partial charge in [0.1, 0.15) is 61.8 Å². The van der Waals surface area contributed by atoms with Gasteiger partial charge in [-0.2, -0.15) is 44.7 Å². The van der Waals surface area contributed by atoms with Crippen molar-refractivity contribution in [2.75, 3.05) is 55.6 Å². The Labute approximate surface area is 846 Å². The summed E-state index contributed by atoms with van der Waals surface area (Å²) in [6.07, 6.45) is -5.34. The minimum absolute atomic E-state index is 0.0291. The van der Waals surface area contributed by atoms with E-state index in [0.717, 1.165) is 69.6 Å². The Kier molecular flexibility index (Phi) is 61.2. The number of thiocarbonyl (C=S) groups is 8. The van der Waals surface area contributed by atoms with Gasteiger partial charge in [0, 0.05) is 34.5 Å². The van der Waals surface area contributed by atoms with Gasteiger partial charge in [-0.15, -0.1) is 0 Å². The second-order valence-corrected chi connectivity index (χ2v) is 29.1. The van der Waals surface area contributed by atoms with Crippen molar-refractivity contribution in [2.45, 2.75) is 78.8 Å². The van der Waals surface area contributed by atoms with Crippen LogP contribution in [-0.2, 0) is 51.0 Å². The minimum atomic E-state index is -4.52. The van der Waals surface area contributed by atoms with Crippen LogP contribution in [0.5, 0.6) is 0 Å². The molecule has 24 N–H and O–H groups in total. The first-order valence-corrected chi connectivity index (χ1v) is 42.5. The molecular formula is C86H85F7N32O8S8. The quantitative estimate of drug-likeness (QED) is 0.0174. The lowest BCUT2D eigenvalue weighted by molar-refractivity contribution is -0.137. The predicted octanol–water partition coefficient (Wildman–Crippen LogP) is 10.4. The van der Waals surface area contributed by atoms with E-state index in [1.807, 2.05) is 125 Å². The molecule has 40 nitrogen and oxygen atoms in total. The van der Waals surface area contributed by atoms with Crippen molar-refractivity contribution in [1.29, 1.82) is 31.6 Å². The summed E-state index contributed by atoms with van der Waals surface area (Å²) in [5.41, 5.74) is 44.4. The van der Waals surface area contributed by atoms with Gasteiger partial charge in [0.05, 0.1) is 59.0 Å². The lowest BCUT2D eigenvalue weighted by atomic mass is 10.1. The van der Waals surface area contributed by atoms with Gasteiger partial charge >= 0.3 is 18.0 Å². The van der Waals surface area contributed by atoms with E-state index in [0.29, 0.717) is 11.8 Å². The lowest BCUT2D eigenvalue weighted by Crippen LogP contribution is -2.44. The fraction of sp³-hybridized carbons (Fsp3) is 0.163. The summed E-state index contributed by atoms with van der Waals surface area (Å²) >= 11 is 39.1. The molecule has 0 unspecified atom stereocenters. The molecule has 0 radical (unpaired) electrons. The number of hydrazine groups is 8. The van der Waals surface area contributed by atoms with E-state index < -0.39 is 88.7 Å². The molecule has 0 heterocycles. The number of alkyl halides is 3. The lowest BCUT2D eigenvalue weighted by Gasteiger charge is -2.15. The average Bonchev–Trinajstić information content (AvgIpc) is 0.828. The zero-order chi connectivity index (χ0) is 105. The Morgan fingerprint density at radius 3 is 0.986 bits per heavy atom. The van der Waals surface area contributed by atoms with Gasteiger partial charge in [-0.25, -0.2) is 30.7 Å². The number of rotatable bonds is 17. The standard InChI is InChI=1S/C12H14N4OS.C11H9F3N4OS.3C11H12N4OS.C10H8F2N4OS.2C10H9FN4OS/c1-2-9-5-3-4-6-10(9)14-12(18)16-15-11(17)7-8-13;12-11(13,14)7-3-1-2-4-8(7)16-10(20)18-17-9(19)5-6-15;1-8-3-5-9(6-4-8)13-11(17)15-14-10(16)7-12-2;1-8-4-3-5-9(6-8)13-11(17)15-14-10(16)7-12-2;1-8-4-2-3-5-9(8)13-11(17)15-14-10(16)6-7-12;11-6-1-2-8(7(12)5-6)14-10(18)16-15-9(17)3-4-13;11-7-2-1-3-8(6-7)13-10(17)15-14-9(16)4-5-12;11-7-3-1-2-4-8(7)13-10(17)15-14-9(16)5-6-12/h3-6H,2,7H2,1H3,(H,15,17)(H2,14,16,18);1-4H,5H2,(H,17,19)(H2,16,18,20);2*3-6H,7H2,1H3,(H,14,16)(H2,13,15,17);2-5H,6H2,1H3,(H,14,16)(H2,13,15,17);1-2,5H,3H2,(H,15,17)(H2,14,16,18);1-3,6H,4H2,(H,14,16)(H2,13,15,17);1-4H,5H2,(H,14,16)(H2,13,15,17). The molecular weight excluding hydrogens is 2000 g/mol. The summed E-state index contributed by atoms with van der Waals surface area (Å²) in [7, 11) is 0. The van der Waals surface area contributed by atoms with Gasteiger partial charge in [-0.1, -0.05) is 103 Å². The van der Waals surface area contributed by atoms with E-state index in [1.54, 1.807) is 54.6 Å². The predicted molar refractivity (Wildman–Crippen MR) is 544 cm³/mol. The number of hydrogen-bond acceptors (Lipinski definition) is 22. The second-order valence-electron chi connectivity index (χ2n) is 25.9. The highest BCUT2D eigenvalue weighted by molar-refractivity contribution is 7.82. The third-order valence-corrected chi connectivity index (χ3v) is 16.5. The van der Waals surface area contributed by atoms with Gasteiger partial charge in [-0.05, 0) is 233 Å². The molecule has 8 aromatic rings. The van der Waals surface area contributed by atoms with Crippen LogP contribution in [-0.4, -0.2) is 101 Å². The van der Waals surface area contributed by atoms with Crippen molar-refractivity contribution < 1.29 is 69.1 Å². The fourth-order valence-electron chi connectivity index (χ4n) is 8.77. The maximum atomic E-state index is 13.2. The highest BCUT2D eigenvalue weighted by Crippen LogP contribution is 2.34. The average molecular weight is 2080 g/mol. The number of carbonyl (C=O) groups is 8. The van der Waals surface area contributed by atoms with E-state index in [4.69, 9.17) is 142 Å². The topological polar surface area (TPSA) is 577 Å². The number of amides is 8. The van der Waals surface area contributed by atoms with Gasteiger partial charge in [0.2, 0.25) is 0 Å². The highest BCUT2D eigenvalue weighted by Gasteiger charge is 2.33. The van der Waals surface area contributed by atoms with Crippen LogP contribution in [0.2, 0.25) is 0 Å².